The zero-order valence-corrected chi connectivity index (χ0v) is 4.95. The van der Waals surface area contributed by atoms with Crippen molar-refractivity contribution in [2.75, 3.05) is 13.2 Å². The summed E-state index contributed by atoms with van der Waals surface area (Å²) < 4.78 is 9.03. The lowest BCUT2D eigenvalue weighted by Gasteiger charge is -1.90. The highest BCUT2D eigenvalue weighted by atomic mass is 31.0. The number of hydrogen-bond donors (Lipinski definition) is 0. The summed E-state index contributed by atoms with van der Waals surface area (Å²) in [5.74, 6) is 0. The first kappa shape index (κ1) is 5.45. The maximum Gasteiger partial charge on any atom is 0.111 e. The second kappa shape index (κ2) is 2.58. The van der Waals surface area contributed by atoms with Gasteiger partial charge in [0, 0.05) is 9.47 Å². The molecule has 0 spiro atoms. The molecule has 3 nitrogen and oxygen atoms in total. The Bertz CT molecular complexity index is 54.1. The van der Waals surface area contributed by atoms with E-state index in [1.165, 1.54) is 0 Å². The van der Waals surface area contributed by atoms with Crippen LogP contribution in [0.25, 0.3) is 0 Å². The third kappa shape index (κ3) is 2.19. The Balaban J connectivity index is 1.80. The van der Waals surface area contributed by atoms with Gasteiger partial charge in [0.15, 0.2) is 0 Å². The monoisotopic (exact) mass is 122 g/mol. The molecule has 0 aliphatic carbocycles. The molecule has 2 atom stereocenters. The molecule has 0 amide bonds. The predicted octanol–water partition coefficient (Wildman–Crippen LogP) is 0.123. The third-order valence-corrected chi connectivity index (χ3v) is 0.860. The summed E-state index contributed by atoms with van der Waals surface area (Å²) in [7, 11) is 1.99. The first-order valence-electron chi connectivity index (χ1n) is 2.03. The van der Waals surface area contributed by atoms with Crippen LogP contribution >= 0.6 is 9.47 Å². The van der Waals surface area contributed by atoms with Crippen LogP contribution in [-0.4, -0.2) is 19.3 Å². The fourth-order valence-corrected chi connectivity index (χ4v) is 0.358. The largest absolute Gasteiger partial charge is 0.370 e. The van der Waals surface area contributed by atoms with Crippen LogP contribution < -0.4 is 0 Å². The van der Waals surface area contributed by atoms with E-state index in [0.29, 0.717) is 12.7 Å². The zero-order chi connectivity index (χ0) is 5.11. The molecule has 0 aromatic rings. The Morgan fingerprint density at radius 1 is 1.86 bits per heavy atom. The summed E-state index contributed by atoms with van der Waals surface area (Å²) in [4.78, 5) is 4.50. The lowest BCUT2D eigenvalue weighted by Crippen LogP contribution is -1.96. The summed E-state index contributed by atoms with van der Waals surface area (Å²) in [5, 5.41) is 0. The van der Waals surface area contributed by atoms with E-state index in [0.717, 1.165) is 6.61 Å². The highest BCUT2D eigenvalue weighted by Gasteiger charge is 2.22. The normalized spacial score (nSPS) is 27.9. The van der Waals surface area contributed by atoms with Gasteiger partial charge in [-0.2, -0.15) is 0 Å². The van der Waals surface area contributed by atoms with Crippen molar-refractivity contribution in [3.05, 3.63) is 0 Å². The first-order chi connectivity index (χ1) is 3.43. The van der Waals surface area contributed by atoms with Gasteiger partial charge in [0.05, 0.1) is 6.61 Å². The van der Waals surface area contributed by atoms with Crippen molar-refractivity contribution in [2.45, 2.75) is 6.10 Å². The van der Waals surface area contributed by atoms with Gasteiger partial charge in [0.25, 0.3) is 0 Å². The van der Waals surface area contributed by atoms with Crippen molar-refractivity contribution in [3.8, 4) is 0 Å². The topological polar surface area (TPSA) is 31.0 Å². The van der Waals surface area contributed by atoms with Gasteiger partial charge in [0.2, 0.25) is 0 Å². The highest BCUT2D eigenvalue weighted by Crippen LogP contribution is 2.08. The molecule has 0 radical (unpaired) electrons. The second-order valence-electron chi connectivity index (χ2n) is 1.34. The molecule has 0 N–H and O–H groups in total. The maximum absolute atomic E-state index is 4.80. The smallest absolute Gasteiger partial charge is 0.111 e. The Labute approximate surface area is 44.1 Å². The summed E-state index contributed by atoms with van der Waals surface area (Å²) in [6.45, 7) is 1.36. The summed E-state index contributed by atoms with van der Waals surface area (Å²) in [6, 6.07) is 0. The second-order valence-corrected chi connectivity index (χ2v) is 1.53. The van der Waals surface area contributed by atoms with E-state index in [1.807, 2.05) is 9.47 Å². The van der Waals surface area contributed by atoms with Gasteiger partial charge in [-0.15, -0.1) is 0 Å². The van der Waals surface area contributed by atoms with Crippen LogP contribution in [0.4, 0.5) is 0 Å². The Morgan fingerprint density at radius 3 is 3.00 bits per heavy atom. The lowest BCUT2D eigenvalue weighted by atomic mass is 10.5. The van der Waals surface area contributed by atoms with E-state index in [9.17, 15) is 0 Å². The van der Waals surface area contributed by atoms with Gasteiger partial charge in [-0.3, -0.25) is 0 Å². The Kier molecular flexibility index (Phi) is 2.00. The summed E-state index contributed by atoms with van der Waals surface area (Å²) in [5.41, 5.74) is 0. The molecule has 1 rings (SSSR count). The van der Waals surface area contributed by atoms with E-state index in [4.69, 9.17) is 4.74 Å². The van der Waals surface area contributed by atoms with Crippen molar-refractivity contribution < 1.29 is 14.3 Å². The molecule has 4 heteroatoms. The van der Waals surface area contributed by atoms with E-state index in [2.05, 4.69) is 9.56 Å². The van der Waals surface area contributed by atoms with E-state index < -0.39 is 0 Å². The molecular weight excluding hydrogens is 115 g/mol. The fourth-order valence-electron chi connectivity index (χ4n) is 0.279. The van der Waals surface area contributed by atoms with E-state index in [1.54, 1.807) is 0 Å². The van der Waals surface area contributed by atoms with Crippen LogP contribution in [0, 0.1) is 0 Å². The van der Waals surface area contributed by atoms with Gasteiger partial charge in [-0.1, -0.05) is 0 Å². The Hall–Kier alpha value is 0.310. The molecule has 0 aromatic heterocycles. The molecule has 1 saturated heterocycles. The number of ether oxygens (including phenoxy) is 1. The minimum absolute atomic E-state index is 0.292. The Morgan fingerprint density at radius 2 is 2.57 bits per heavy atom. The number of hydrogen-bond acceptors (Lipinski definition) is 3. The summed E-state index contributed by atoms with van der Waals surface area (Å²) in [6.07, 6.45) is 0.292. The maximum atomic E-state index is 4.80. The van der Waals surface area contributed by atoms with Crippen molar-refractivity contribution in [1.29, 1.82) is 0 Å². The van der Waals surface area contributed by atoms with Crippen molar-refractivity contribution in [3.63, 3.8) is 0 Å². The minimum atomic E-state index is 0.292. The van der Waals surface area contributed by atoms with Crippen LogP contribution in [0.15, 0.2) is 0 Å². The minimum Gasteiger partial charge on any atom is -0.370 e. The average molecular weight is 122 g/mol. The molecule has 0 aromatic carbocycles. The fraction of sp³-hybridized carbons (Fsp3) is 1.00. The standard InChI is InChI=1S/C3H7O3P/c7-6-5-2-3-1-4-3/h3H,1-2,7H2. The molecule has 7 heavy (non-hydrogen) atoms. The lowest BCUT2D eigenvalue weighted by molar-refractivity contribution is -0.195. The van der Waals surface area contributed by atoms with Crippen LogP contribution in [0.3, 0.4) is 0 Å². The van der Waals surface area contributed by atoms with E-state index in [-0.39, 0.29) is 0 Å². The van der Waals surface area contributed by atoms with Crippen molar-refractivity contribution in [2.24, 2.45) is 0 Å². The molecule has 1 aliphatic heterocycles. The van der Waals surface area contributed by atoms with Crippen molar-refractivity contribution in [1.82, 2.24) is 0 Å². The zero-order valence-electron chi connectivity index (χ0n) is 3.79. The predicted molar refractivity (Wildman–Crippen MR) is 26.5 cm³/mol. The van der Waals surface area contributed by atoms with Gasteiger partial charge in [-0.25, -0.2) is 9.56 Å². The quantitative estimate of drug-likeness (QED) is 0.230. The first-order valence-corrected chi connectivity index (χ1v) is 2.50. The number of epoxide rings is 1. The highest BCUT2D eigenvalue weighted by molar-refractivity contribution is 7.09. The van der Waals surface area contributed by atoms with Crippen LogP contribution in [-0.2, 0) is 14.3 Å². The van der Waals surface area contributed by atoms with Crippen LogP contribution in [0.2, 0.25) is 0 Å². The van der Waals surface area contributed by atoms with Gasteiger partial charge >= 0.3 is 0 Å². The van der Waals surface area contributed by atoms with Gasteiger partial charge in [0.1, 0.15) is 12.7 Å². The summed E-state index contributed by atoms with van der Waals surface area (Å²) >= 11 is 0. The third-order valence-electron chi connectivity index (χ3n) is 0.724. The van der Waals surface area contributed by atoms with Crippen LogP contribution in [0.1, 0.15) is 0 Å². The molecule has 1 aliphatic rings. The number of rotatable bonds is 3. The van der Waals surface area contributed by atoms with Gasteiger partial charge in [-0.05, 0) is 0 Å². The molecule has 0 bridgehead atoms. The SMILES string of the molecule is POOCC1CO1. The molecule has 2 unspecified atom stereocenters. The molecule has 42 valence electrons. The van der Waals surface area contributed by atoms with Gasteiger partial charge < -0.3 is 4.74 Å². The molecule has 0 saturated carbocycles. The average Bonchev–Trinajstić information content (AvgIpc) is 2.42. The van der Waals surface area contributed by atoms with Crippen molar-refractivity contribution >= 4 is 9.47 Å². The molecule has 1 heterocycles. The molecule has 1 fully saturated rings. The molecular formula is C3H7O3P. The van der Waals surface area contributed by atoms with Crippen LogP contribution in [0.5, 0.6) is 0 Å². The van der Waals surface area contributed by atoms with E-state index >= 15 is 0 Å².